The van der Waals surface area contributed by atoms with Crippen molar-refractivity contribution in [2.75, 3.05) is 5.73 Å². The van der Waals surface area contributed by atoms with E-state index in [1.54, 1.807) is 18.5 Å². The summed E-state index contributed by atoms with van der Waals surface area (Å²) in [5.74, 6) is 0.0838. The Morgan fingerprint density at radius 2 is 1.95 bits per heavy atom. The van der Waals surface area contributed by atoms with Crippen LogP contribution in [-0.4, -0.2) is 14.5 Å². The lowest BCUT2D eigenvalue weighted by Gasteiger charge is -2.16. The van der Waals surface area contributed by atoms with E-state index in [-0.39, 0.29) is 11.9 Å². The Hall–Kier alpha value is -2.43. The average molecular weight is 256 g/mol. The van der Waals surface area contributed by atoms with Crippen molar-refractivity contribution in [3.8, 4) is 0 Å². The van der Waals surface area contributed by atoms with Crippen molar-refractivity contribution in [1.82, 2.24) is 14.5 Å². The summed E-state index contributed by atoms with van der Waals surface area (Å²) in [5.41, 5.74) is 8.39. The molecule has 0 spiro atoms. The summed E-state index contributed by atoms with van der Waals surface area (Å²) in [5, 5.41) is 0. The molecule has 0 bridgehead atoms. The number of anilines is 1. The third kappa shape index (κ3) is 1.93. The van der Waals surface area contributed by atoms with Crippen molar-refractivity contribution in [2.24, 2.45) is 0 Å². The predicted octanol–water partition coefficient (Wildman–Crippen LogP) is 2.76. The molecule has 0 amide bonds. The maximum absolute atomic E-state index is 13.4. The van der Waals surface area contributed by atoms with Crippen molar-refractivity contribution >= 4 is 17.0 Å². The summed E-state index contributed by atoms with van der Waals surface area (Å²) in [6.45, 7) is 2.00. The van der Waals surface area contributed by atoms with Crippen molar-refractivity contribution < 1.29 is 4.39 Å². The Morgan fingerprint density at radius 3 is 2.68 bits per heavy atom. The Bertz CT molecular complexity index is 721. The van der Waals surface area contributed by atoms with E-state index in [9.17, 15) is 4.39 Å². The van der Waals surface area contributed by atoms with E-state index >= 15 is 0 Å². The van der Waals surface area contributed by atoms with Crippen molar-refractivity contribution in [2.45, 2.75) is 13.0 Å². The van der Waals surface area contributed by atoms with Crippen LogP contribution in [0.25, 0.3) is 11.0 Å². The summed E-state index contributed by atoms with van der Waals surface area (Å²) < 4.78 is 15.2. The first-order chi connectivity index (χ1) is 9.16. The standard InChI is InChI=1S/C14H13FN4/c1-9(10-4-6-17-7-5-10)19-13-8-11(15)2-3-12(13)18-14(19)16/h2-9H,1H3,(H2,16,18). The van der Waals surface area contributed by atoms with E-state index in [1.807, 2.05) is 23.6 Å². The first kappa shape index (κ1) is 11.6. The number of aromatic nitrogens is 3. The predicted molar refractivity (Wildman–Crippen MR) is 72.2 cm³/mol. The molecule has 3 aromatic rings. The lowest BCUT2D eigenvalue weighted by atomic mass is 10.1. The fourth-order valence-electron chi connectivity index (χ4n) is 2.28. The Labute approximate surface area is 109 Å². The molecule has 1 aromatic carbocycles. The van der Waals surface area contributed by atoms with Gasteiger partial charge in [0.2, 0.25) is 5.95 Å². The number of pyridine rings is 1. The largest absolute Gasteiger partial charge is 0.369 e. The lowest BCUT2D eigenvalue weighted by molar-refractivity contribution is 0.625. The first-order valence-electron chi connectivity index (χ1n) is 5.99. The van der Waals surface area contributed by atoms with Gasteiger partial charge in [0.1, 0.15) is 5.82 Å². The number of benzene rings is 1. The topological polar surface area (TPSA) is 56.7 Å². The minimum absolute atomic E-state index is 0.0326. The molecule has 19 heavy (non-hydrogen) atoms. The van der Waals surface area contributed by atoms with Crippen LogP contribution in [0.5, 0.6) is 0 Å². The van der Waals surface area contributed by atoms with Crippen LogP contribution >= 0.6 is 0 Å². The highest BCUT2D eigenvalue weighted by Crippen LogP contribution is 2.27. The van der Waals surface area contributed by atoms with Crippen LogP contribution in [0.15, 0.2) is 42.7 Å². The summed E-state index contributed by atoms with van der Waals surface area (Å²) >= 11 is 0. The van der Waals surface area contributed by atoms with Crippen LogP contribution in [0.2, 0.25) is 0 Å². The maximum atomic E-state index is 13.4. The van der Waals surface area contributed by atoms with Gasteiger partial charge in [-0.3, -0.25) is 4.98 Å². The Balaban J connectivity index is 2.19. The van der Waals surface area contributed by atoms with E-state index in [2.05, 4.69) is 9.97 Å². The van der Waals surface area contributed by atoms with Crippen molar-refractivity contribution in [3.63, 3.8) is 0 Å². The molecule has 1 unspecified atom stereocenters. The molecule has 2 heterocycles. The second-order valence-electron chi connectivity index (χ2n) is 4.43. The SMILES string of the molecule is CC(c1ccncc1)n1c(N)nc2ccc(F)cc21. The van der Waals surface area contributed by atoms with Crippen LogP contribution in [-0.2, 0) is 0 Å². The van der Waals surface area contributed by atoms with Gasteiger partial charge in [-0.15, -0.1) is 0 Å². The molecule has 96 valence electrons. The Kier molecular flexibility index (Phi) is 2.67. The number of hydrogen-bond acceptors (Lipinski definition) is 3. The van der Waals surface area contributed by atoms with Gasteiger partial charge < -0.3 is 10.3 Å². The molecule has 4 nitrogen and oxygen atoms in total. The van der Waals surface area contributed by atoms with E-state index < -0.39 is 0 Å². The zero-order valence-corrected chi connectivity index (χ0v) is 10.4. The lowest BCUT2D eigenvalue weighted by Crippen LogP contribution is -2.10. The van der Waals surface area contributed by atoms with Gasteiger partial charge in [-0.2, -0.15) is 0 Å². The van der Waals surface area contributed by atoms with Gasteiger partial charge in [0, 0.05) is 12.4 Å². The van der Waals surface area contributed by atoms with Crippen LogP contribution < -0.4 is 5.73 Å². The molecule has 2 aromatic heterocycles. The van der Waals surface area contributed by atoms with Gasteiger partial charge in [0.05, 0.1) is 17.1 Å². The number of imidazole rings is 1. The van der Waals surface area contributed by atoms with Gasteiger partial charge >= 0.3 is 0 Å². The second kappa shape index (κ2) is 4.35. The number of fused-ring (bicyclic) bond motifs is 1. The third-order valence-electron chi connectivity index (χ3n) is 3.25. The number of halogens is 1. The molecule has 0 aliphatic rings. The summed E-state index contributed by atoms with van der Waals surface area (Å²) in [4.78, 5) is 8.25. The molecule has 0 saturated heterocycles. The van der Waals surface area contributed by atoms with Crippen molar-refractivity contribution in [3.05, 3.63) is 54.1 Å². The number of nitrogens with two attached hydrogens (primary N) is 1. The molecule has 5 heteroatoms. The second-order valence-corrected chi connectivity index (χ2v) is 4.43. The highest BCUT2D eigenvalue weighted by Gasteiger charge is 2.15. The number of rotatable bonds is 2. The molecular formula is C14H13FN4. The maximum Gasteiger partial charge on any atom is 0.201 e. The van der Waals surface area contributed by atoms with Crippen LogP contribution in [0, 0.1) is 5.82 Å². The van der Waals surface area contributed by atoms with Gasteiger partial charge in [-0.25, -0.2) is 9.37 Å². The fraction of sp³-hybridized carbons (Fsp3) is 0.143. The smallest absolute Gasteiger partial charge is 0.201 e. The molecule has 0 saturated carbocycles. The van der Waals surface area contributed by atoms with E-state index in [0.29, 0.717) is 17.0 Å². The summed E-state index contributed by atoms with van der Waals surface area (Å²) in [7, 11) is 0. The van der Waals surface area contributed by atoms with Crippen molar-refractivity contribution in [1.29, 1.82) is 0 Å². The Morgan fingerprint density at radius 1 is 1.21 bits per heavy atom. The molecule has 0 aliphatic heterocycles. The molecule has 0 radical (unpaired) electrons. The van der Waals surface area contributed by atoms with Gasteiger partial charge in [0.25, 0.3) is 0 Å². The summed E-state index contributed by atoms with van der Waals surface area (Å²) in [6.07, 6.45) is 3.45. The highest BCUT2D eigenvalue weighted by atomic mass is 19.1. The monoisotopic (exact) mass is 256 g/mol. The van der Waals surface area contributed by atoms with E-state index in [4.69, 9.17) is 5.73 Å². The minimum Gasteiger partial charge on any atom is -0.369 e. The number of nitrogens with zero attached hydrogens (tertiary/aromatic N) is 3. The molecule has 2 N–H and O–H groups in total. The quantitative estimate of drug-likeness (QED) is 0.767. The number of nitrogen functional groups attached to an aromatic ring is 1. The van der Waals surface area contributed by atoms with Crippen LogP contribution in [0.3, 0.4) is 0 Å². The normalized spacial score (nSPS) is 12.7. The van der Waals surface area contributed by atoms with Crippen LogP contribution in [0.4, 0.5) is 10.3 Å². The first-order valence-corrected chi connectivity index (χ1v) is 5.99. The van der Waals surface area contributed by atoms with Gasteiger partial charge in [-0.05, 0) is 42.8 Å². The zero-order chi connectivity index (χ0) is 13.4. The third-order valence-corrected chi connectivity index (χ3v) is 3.25. The van der Waals surface area contributed by atoms with Gasteiger partial charge in [-0.1, -0.05) is 0 Å². The highest BCUT2D eigenvalue weighted by molar-refractivity contribution is 5.78. The van der Waals surface area contributed by atoms with Crippen LogP contribution in [0.1, 0.15) is 18.5 Å². The average Bonchev–Trinajstić information content (AvgIpc) is 2.74. The van der Waals surface area contributed by atoms with E-state index in [1.165, 1.54) is 12.1 Å². The zero-order valence-electron chi connectivity index (χ0n) is 10.4. The van der Waals surface area contributed by atoms with Gasteiger partial charge in [0.15, 0.2) is 0 Å². The summed E-state index contributed by atoms with van der Waals surface area (Å²) in [6, 6.07) is 8.27. The van der Waals surface area contributed by atoms with E-state index in [0.717, 1.165) is 5.56 Å². The number of hydrogen-bond donors (Lipinski definition) is 1. The fourth-order valence-corrected chi connectivity index (χ4v) is 2.28. The molecule has 0 fully saturated rings. The minimum atomic E-state index is -0.296. The molecule has 0 aliphatic carbocycles. The molecule has 1 atom stereocenters. The molecular weight excluding hydrogens is 243 g/mol. The molecule has 3 rings (SSSR count).